The van der Waals surface area contributed by atoms with Crippen LogP contribution in [0.4, 0.5) is 11.4 Å². The zero-order valence-corrected chi connectivity index (χ0v) is 26.2. The summed E-state index contributed by atoms with van der Waals surface area (Å²) in [6.45, 7) is 12.9. The molecule has 0 saturated carbocycles. The molecule has 44 heavy (non-hydrogen) atoms. The number of aromatic nitrogens is 2. The van der Waals surface area contributed by atoms with Gasteiger partial charge in [0.25, 0.3) is 0 Å². The first-order valence-electron chi connectivity index (χ1n) is 14.6. The molecule has 230 valence electrons. The SMILES string of the molecule is C=CC(=O)Nc1cc(-c2c(-c3ccc(N4CCN(S(=O)(=O)CC)CC4)cc3)[nH]c3ncc(C(=O)OC(C)C)cc23)ccc1C. The maximum atomic E-state index is 12.8. The average Bonchev–Trinajstić information content (AvgIpc) is 3.40. The molecule has 5 rings (SSSR count). The highest BCUT2D eigenvalue weighted by Gasteiger charge is 2.26. The lowest BCUT2D eigenvalue weighted by Crippen LogP contribution is -2.49. The van der Waals surface area contributed by atoms with E-state index in [0.29, 0.717) is 43.1 Å². The highest BCUT2D eigenvalue weighted by molar-refractivity contribution is 7.89. The van der Waals surface area contributed by atoms with Gasteiger partial charge in [0, 0.05) is 54.7 Å². The summed E-state index contributed by atoms with van der Waals surface area (Å²) >= 11 is 0. The standard InChI is InChI=1S/C33H37N5O5S/c1-6-29(39)35-28-19-24(9-8-22(28)5)30-27-18-25(33(40)43-21(3)4)20-34-32(27)36-31(30)23-10-12-26(13-11-23)37-14-16-38(17-15-37)44(41,42)7-2/h6,8-13,18-21H,1,7,14-17H2,2-5H3,(H,34,36)(H,35,39). The largest absolute Gasteiger partial charge is 0.459 e. The summed E-state index contributed by atoms with van der Waals surface area (Å²) in [6.07, 6.45) is 2.46. The van der Waals surface area contributed by atoms with E-state index in [1.165, 1.54) is 12.3 Å². The molecule has 0 aliphatic carbocycles. The molecular formula is C33H37N5O5S. The minimum absolute atomic E-state index is 0.104. The number of fused-ring (bicyclic) bond motifs is 1. The Morgan fingerprint density at radius 1 is 1.07 bits per heavy atom. The predicted molar refractivity (Wildman–Crippen MR) is 174 cm³/mol. The summed E-state index contributed by atoms with van der Waals surface area (Å²) in [5.74, 6) is -0.664. The number of esters is 1. The Hall–Kier alpha value is -4.48. The Morgan fingerprint density at radius 2 is 1.75 bits per heavy atom. The van der Waals surface area contributed by atoms with Crippen LogP contribution in [0.1, 0.15) is 36.7 Å². The predicted octanol–water partition coefficient (Wildman–Crippen LogP) is 5.37. The van der Waals surface area contributed by atoms with Gasteiger partial charge in [0.15, 0.2) is 0 Å². The number of anilines is 2. The monoisotopic (exact) mass is 615 g/mol. The molecule has 0 radical (unpaired) electrons. The fourth-order valence-corrected chi connectivity index (χ4v) is 6.41. The minimum atomic E-state index is -3.20. The highest BCUT2D eigenvalue weighted by atomic mass is 32.2. The molecule has 0 spiro atoms. The second kappa shape index (κ2) is 12.6. The van der Waals surface area contributed by atoms with E-state index >= 15 is 0 Å². The number of aryl methyl sites for hydroxylation is 1. The van der Waals surface area contributed by atoms with E-state index in [9.17, 15) is 18.0 Å². The lowest BCUT2D eigenvalue weighted by Gasteiger charge is -2.35. The first-order valence-corrected chi connectivity index (χ1v) is 16.2. The Bertz CT molecular complexity index is 1820. The van der Waals surface area contributed by atoms with Crippen LogP contribution < -0.4 is 10.2 Å². The molecule has 1 saturated heterocycles. The van der Waals surface area contributed by atoms with Crippen LogP contribution >= 0.6 is 0 Å². The number of hydrogen-bond acceptors (Lipinski definition) is 7. The van der Waals surface area contributed by atoms with E-state index in [2.05, 4.69) is 26.8 Å². The van der Waals surface area contributed by atoms with Gasteiger partial charge in [0.2, 0.25) is 15.9 Å². The van der Waals surface area contributed by atoms with Gasteiger partial charge in [0.1, 0.15) is 5.65 Å². The highest BCUT2D eigenvalue weighted by Crippen LogP contribution is 2.40. The Morgan fingerprint density at radius 3 is 2.39 bits per heavy atom. The summed E-state index contributed by atoms with van der Waals surface area (Å²) in [6, 6.07) is 15.7. The normalized spacial score (nSPS) is 14.2. The summed E-state index contributed by atoms with van der Waals surface area (Å²) in [5, 5.41) is 3.61. The minimum Gasteiger partial charge on any atom is -0.459 e. The van der Waals surface area contributed by atoms with Gasteiger partial charge in [0.05, 0.1) is 23.1 Å². The first kappa shape index (κ1) is 31.0. The average molecular weight is 616 g/mol. The number of carbonyl (C=O) groups excluding carboxylic acids is 2. The third-order valence-electron chi connectivity index (χ3n) is 7.72. The van der Waals surface area contributed by atoms with Gasteiger partial charge in [-0.3, -0.25) is 4.79 Å². The van der Waals surface area contributed by atoms with Crippen molar-refractivity contribution in [2.75, 3.05) is 42.1 Å². The zero-order valence-electron chi connectivity index (χ0n) is 25.4. The number of pyridine rings is 1. The number of hydrogen-bond donors (Lipinski definition) is 2. The molecule has 0 atom stereocenters. The van der Waals surface area contributed by atoms with Crippen molar-refractivity contribution in [2.24, 2.45) is 0 Å². The number of benzene rings is 2. The zero-order chi connectivity index (χ0) is 31.6. The van der Waals surface area contributed by atoms with Crippen LogP contribution in [0.5, 0.6) is 0 Å². The molecular weight excluding hydrogens is 578 g/mol. The van der Waals surface area contributed by atoms with Crippen molar-refractivity contribution in [2.45, 2.75) is 33.8 Å². The fraction of sp³-hybridized carbons (Fsp3) is 0.303. The van der Waals surface area contributed by atoms with Crippen LogP contribution in [0.3, 0.4) is 0 Å². The number of nitrogens with one attached hydrogen (secondary N) is 2. The molecule has 4 aromatic rings. The van der Waals surface area contributed by atoms with Crippen LogP contribution in [0.25, 0.3) is 33.4 Å². The number of ether oxygens (including phenoxy) is 1. The van der Waals surface area contributed by atoms with Crippen molar-refractivity contribution in [1.29, 1.82) is 0 Å². The Labute approximate surface area is 257 Å². The Balaban J connectivity index is 1.55. The number of aromatic amines is 1. The van der Waals surface area contributed by atoms with Gasteiger partial charge < -0.3 is 19.9 Å². The first-order chi connectivity index (χ1) is 21.0. The number of sulfonamides is 1. The van der Waals surface area contributed by atoms with Crippen LogP contribution in [0.15, 0.2) is 67.4 Å². The maximum Gasteiger partial charge on any atom is 0.339 e. The molecule has 1 amide bonds. The number of piperazine rings is 1. The molecule has 0 unspecified atom stereocenters. The summed E-state index contributed by atoms with van der Waals surface area (Å²) in [5.41, 5.74) is 6.83. The molecule has 10 nitrogen and oxygen atoms in total. The molecule has 1 fully saturated rings. The number of rotatable bonds is 9. The second-order valence-electron chi connectivity index (χ2n) is 11.0. The van der Waals surface area contributed by atoms with E-state index in [4.69, 9.17) is 4.74 Å². The molecule has 1 aliphatic heterocycles. The summed E-state index contributed by atoms with van der Waals surface area (Å²) in [7, 11) is -3.20. The number of H-pyrrole nitrogens is 1. The van der Waals surface area contributed by atoms with E-state index in [1.807, 2.05) is 49.4 Å². The quantitative estimate of drug-likeness (QED) is 0.192. The van der Waals surface area contributed by atoms with Crippen molar-refractivity contribution in [3.05, 3.63) is 78.5 Å². The van der Waals surface area contributed by atoms with Gasteiger partial charge in [-0.1, -0.05) is 30.8 Å². The number of nitrogens with zero attached hydrogens (tertiary/aromatic N) is 3. The Kier molecular flexibility index (Phi) is 8.89. The van der Waals surface area contributed by atoms with Crippen molar-refractivity contribution in [3.63, 3.8) is 0 Å². The maximum absolute atomic E-state index is 12.8. The van der Waals surface area contributed by atoms with Crippen LogP contribution in [0, 0.1) is 6.92 Å². The van der Waals surface area contributed by atoms with Crippen molar-refractivity contribution in [3.8, 4) is 22.4 Å². The molecule has 2 aromatic heterocycles. The lowest BCUT2D eigenvalue weighted by atomic mass is 9.96. The molecule has 2 N–H and O–H groups in total. The molecule has 0 bridgehead atoms. The molecule has 1 aliphatic rings. The third-order valence-corrected chi connectivity index (χ3v) is 9.60. The molecule has 11 heteroatoms. The van der Waals surface area contributed by atoms with Gasteiger partial charge in [-0.05, 0) is 74.7 Å². The van der Waals surface area contributed by atoms with Gasteiger partial charge in [-0.2, -0.15) is 4.31 Å². The number of amides is 1. The molecule has 2 aromatic carbocycles. The van der Waals surface area contributed by atoms with E-state index in [0.717, 1.165) is 39.0 Å². The number of carbonyl (C=O) groups is 2. The summed E-state index contributed by atoms with van der Waals surface area (Å²) in [4.78, 5) is 35.1. The van der Waals surface area contributed by atoms with Crippen LogP contribution in [0.2, 0.25) is 0 Å². The second-order valence-corrected chi connectivity index (χ2v) is 13.3. The van der Waals surface area contributed by atoms with Crippen LogP contribution in [-0.4, -0.2) is 72.6 Å². The van der Waals surface area contributed by atoms with E-state index in [-0.39, 0.29) is 17.8 Å². The van der Waals surface area contributed by atoms with Crippen molar-refractivity contribution < 1.29 is 22.7 Å². The van der Waals surface area contributed by atoms with E-state index in [1.54, 1.807) is 31.1 Å². The topological polar surface area (TPSA) is 125 Å². The third kappa shape index (κ3) is 6.39. The molecule has 3 heterocycles. The van der Waals surface area contributed by atoms with Crippen LogP contribution in [-0.2, 0) is 19.6 Å². The smallest absolute Gasteiger partial charge is 0.339 e. The lowest BCUT2D eigenvalue weighted by molar-refractivity contribution is -0.111. The van der Waals surface area contributed by atoms with Gasteiger partial charge >= 0.3 is 5.97 Å². The van der Waals surface area contributed by atoms with Crippen molar-refractivity contribution >= 4 is 44.3 Å². The van der Waals surface area contributed by atoms with Crippen molar-refractivity contribution in [1.82, 2.24) is 14.3 Å². The summed E-state index contributed by atoms with van der Waals surface area (Å²) < 4.78 is 31.5. The van der Waals surface area contributed by atoms with E-state index < -0.39 is 16.0 Å². The van der Waals surface area contributed by atoms with Gasteiger partial charge in [-0.15, -0.1) is 0 Å². The fourth-order valence-electron chi connectivity index (χ4n) is 5.32. The van der Waals surface area contributed by atoms with Gasteiger partial charge in [-0.25, -0.2) is 18.2 Å².